The Labute approximate surface area is 137 Å². The molecule has 2 aromatic rings. The van der Waals surface area contributed by atoms with Crippen molar-refractivity contribution in [2.75, 3.05) is 5.73 Å². The first-order valence-electron chi connectivity index (χ1n) is 8.19. The first kappa shape index (κ1) is 15.6. The van der Waals surface area contributed by atoms with Crippen molar-refractivity contribution in [1.29, 1.82) is 5.26 Å². The number of rotatable bonds is 5. The molecule has 0 amide bonds. The maximum atomic E-state index is 9.20. The van der Waals surface area contributed by atoms with Crippen LogP contribution >= 0.6 is 0 Å². The van der Waals surface area contributed by atoms with E-state index in [0.29, 0.717) is 5.56 Å². The second kappa shape index (κ2) is 6.06. The molecule has 1 aliphatic rings. The summed E-state index contributed by atoms with van der Waals surface area (Å²) in [6.07, 6.45) is 4.60. The van der Waals surface area contributed by atoms with Crippen molar-refractivity contribution in [3.05, 3.63) is 64.7 Å². The number of nitriles is 1. The third kappa shape index (κ3) is 3.23. The van der Waals surface area contributed by atoms with Crippen LogP contribution in [-0.2, 0) is 5.54 Å². The Morgan fingerprint density at radius 2 is 1.91 bits per heavy atom. The van der Waals surface area contributed by atoms with Gasteiger partial charge in [-0.2, -0.15) is 5.26 Å². The summed E-state index contributed by atoms with van der Waals surface area (Å²) in [5, 5.41) is 9.20. The fourth-order valence-electron chi connectivity index (χ4n) is 3.08. The molecule has 1 saturated carbocycles. The van der Waals surface area contributed by atoms with Crippen LogP contribution in [0.3, 0.4) is 0 Å². The summed E-state index contributed by atoms with van der Waals surface area (Å²) < 4.78 is 0. The predicted octanol–water partition coefficient (Wildman–Crippen LogP) is 3.84. The lowest BCUT2D eigenvalue weighted by Gasteiger charge is -2.31. The highest BCUT2D eigenvalue weighted by Gasteiger charge is 2.33. The number of hydrogen-bond donors (Lipinski definition) is 2. The lowest BCUT2D eigenvalue weighted by Crippen LogP contribution is -2.38. The largest absolute Gasteiger partial charge is 0.399 e. The van der Waals surface area contributed by atoms with Gasteiger partial charge in [0.25, 0.3) is 0 Å². The number of benzene rings is 2. The second-order valence-corrected chi connectivity index (χ2v) is 6.72. The van der Waals surface area contributed by atoms with Crippen LogP contribution in [0.4, 0.5) is 5.69 Å². The van der Waals surface area contributed by atoms with Gasteiger partial charge in [0.1, 0.15) is 0 Å². The Hall–Kier alpha value is -2.31. The van der Waals surface area contributed by atoms with E-state index in [-0.39, 0.29) is 0 Å². The number of nitrogen functional groups attached to an aromatic ring is 1. The highest BCUT2D eigenvalue weighted by molar-refractivity contribution is 5.52. The van der Waals surface area contributed by atoms with Crippen molar-refractivity contribution in [3.8, 4) is 6.07 Å². The van der Waals surface area contributed by atoms with Crippen LogP contribution in [0.1, 0.15) is 47.9 Å². The van der Waals surface area contributed by atoms with Crippen molar-refractivity contribution in [2.24, 2.45) is 11.7 Å². The van der Waals surface area contributed by atoms with E-state index in [0.717, 1.165) is 41.1 Å². The summed E-state index contributed by atoms with van der Waals surface area (Å²) in [6, 6.07) is 15.9. The van der Waals surface area contributed by atoms with Crippen LogP contribution in [0, 0.1) is 24.2 Å². The van der Waals surface area contributed by atoms with Crippen molar-refractivity contribution in [1.82, 2.24) is 0 Å². The number of nitrogens with zero attached hydrogens (tertiary/aromatic N) is 1. The summed E-state index contributed by atoms with van der Waals surface area (Å²) in [5.74, 6) is 0.805. The van der Waals surface area contributed by atoms with E-state index >= 15 is 0 Å². The minimum atomic E-state index is -0.600. The molecule has 0 heterocycles. The van der Waals surface area contributed by atoms with Crippen LogP contribution in [0.25, 0.3) is 0 Å². The molecule has 23 heavy (non-hydrogen) atoms. The molecule has 1 aliphatic carbocycles. The molecule has 1 fully saturated rings. The van der Waals surface area contributed by atoms with Gasteiger partial charge in [-0.25, -0.2) is 0 Å². The Kier molecular flexibility index (Phi) is 4.11. The molecule has 0 aliphatic heterocycles. The van der Waals surface area contributed by atoms with Gasteiger partial charge in [-0.05, 0) is 60.6 Å². The molecule has 118 valence electrons. The van der Waals surface area contributed by atoms with Crippen molar-refractivity contribution >= 4 is 5.69 Å². The fourth-order valence-corrected chi connectivity index (χ4v) is 3.08. The van der Waals surface area contributed by atoms with Gasteiger partial charge in [0.05, 0.1) is 17.2 Å². The monoisotopic (exact) mass is 305 g/mol. The van der Waals surface area contributed by atoms with Crippen LogP contribution < -0.4 is 11.5 Å². The van der Waals surface area contributed by atoms with Gasteiger partial charge in [-0.3, -0.25) is 0 Å². The molecular formula is C20H23N3. The SMILES string of the molecule is Cc1ccc(C(N)(CCC2CC2)c2cccc(C#N)c2)cc1N. The zero-order valence-electron chi connectivity index (χ0n) is 13.5. The maximum absolute atomic E-state index is 9.20. The van der Waals surface area contributed by atoms with E-state index in [4.69, 9.17) is 11.5 Å². The quantitative estimate of drug-likeness (QED) is 0.824. The molecule has 0 bridgehead atoms. The highest BCUT2D eigenvalue weighted by Crippen LogP contribution is 2.40. The van der Waals surface area contributed by atoms with Gasteiger partial charge in [-0.1, -0.05) is 37.1 Å². The summed E-state index contributed by atoms with van der Waals surface area (Å²) in [5.41, 5.74) is 16.9. The molecule has 3 rings (SSSR count). The molecule has 3 nitrogen and oxygen atoms in total. The van der Waals surface area contributed by atoms with Gasteiger partial charge in [0, 0.05) is 5.69 Å². The standard InChI is InChI=1S/C20H23N3/c1-14-5-8-18(12-19(14)22)20(23,10-9-15-6-7-15)17-4-2-3-16(11-17)13-21/h2-5,8,11-12,15H,6-7,9-10,22-23H2,1H3. The van der Waals surface area contributed by atoms with Crippen molar-refractivity contribution in [2.45, 2.75) is 38.1 Å². The second-order valence-electron chi connectivity index (χ2n) is 6.72. The Morgan fingerprint density at radius 1 is 1.17 bits per heavy atom. The van der Waals surface area contributed by atoms with E-state index in [1.54, 1.807) is 0 Å². The smallest absolute Gasteiger partial charge is 0.0991 e. The third-order valence-corrected chi connectivity index (χ3v) is 4.95. The zero-order chi connectivity index (χ0) is 16.4. The van der Waals surface area contributed by atoms with E-state index in [9.17, 15) is 5.26 Å². The molecule has 3 heteroatoms. The lowest BCUT2D eigenvalue weighted by molar-refractivity contribution is 0.455. The summed E-state index contributed by atoms with van der Waals surface area (Å²) in [6.45, 7) is 2.00. The number of aryl methyl sites for hydroxylation is 1. The van der Waals surface area contributed by atoms with Crippen LogP contribution in [0.15, 0.2) is 42.5 Å². The van der Waals surface area contributed by atoms with E-state index < -0.39 is 5.54 Å². The highest BCUT2D eigenvalue weighted by atomic mass is 14.7. The van der Waals surface area contributed by atoms with Gasteiger partial charge >= 0.3 is 0 Å². The number of hydrogen-bond acceptors (Lipinski definition) is 3. The topological polar surface area (TPSA) is 75.8 Å². The average molecular weight is 305 g/mol. The average Bonchev–Trinajstić information content (AvgIpc) is 3.39. The first-order valence-corrected chi connectivity index (χ1v) is 8.19. The predicted molar refractivity (Wildman–Crippen MR) is 93.7 cm³/mol. The summed E-state index contributed by atoms with van der Waals surface area (Å²) in [4.78, 5) is 0. The van der Waals surface area contributed by atoms with Crippen molar-refractivity contribution < 1.29 is 0 Å². The van der Waals surface area contributed by atoms with Crippen LogP contribution in [0.2, 0.25) is 0 Å². The van der Waals surface area contributed by atoms with Gasteiger partial charge < -0.3 is 11.5 Å². The van der Waals surface area contributed by atoms with E-state index in [1.165, 1.54) is 12.8 Å². The molecule has 1 unspecified atom stereocenters. The normalized spacial score (nSPS) is 16.6. The van der Waals surface area contributed by atoms with Crippen LogP contribution in [-0.4, -0.2) is 0 Å². The Balaban J connectivity index is 2.04. The molecule has 2 aromatic carbocycles. The maximum Gasteiger partial charge on any atom is 0.0991 e. The van der Waals surface area contributed by atoms with E-state index in [1.807, 2.05) is 43.3 Å². The number of nitrogens with two attached hydrogens (primary N) is 2. The first-order chi connectivity index (χ1) is 11.0. The summed E-state index contributed by atoms with van der Waals surface area (Å²) >= 11 is 0. The van der Waals surface area contributed by atoms with E-state index in [2.05, 4.69) is 12.1 Å². The fraction of sp³-hybridized carbons (Fsp3) is 0.350. The Bertz CT molecular complexity index is 756. The zero-order valence-corrected chi connectivity index (χ0v) is 13.5. The molecule has 0 radical (unpaired) electrons. The Morgan fingerprint density at radius 3 is 2.57 bits per heavy atom. The summed E-state index contributed by atoms with van der Waals surface area (Å²) in [7, 11) is 0. The minimum Gasteiger partial charge on any atom is -0.399 e. The van der Waals surface area contributed by atoms with Crippen molar-refractivity contribution in [3.63, 3.8) is 0 Å². The molecule has 0 aromatic heterocycles. The van der Waals surface area contributed by atoms with Gasteiger partial charge in [0.15, 0.2) is 0 Å². The van der Waals surface area contributed by atoms with Crippen LogP contribution in [0.5, 0.6) is 0 Å². The lowest BCUT2D eigenvalue weighted by atomic mass is 9.78. The molecule has 1 atom stereocenters. The molecular weight excluding hydrogens is 282 g/mol. The molecule has 4 N–H and O–H groups in total. The number of anilines is 1. The van der Waals surface area contributed by atoms with Gasteiger partial charge in [-0.15, -0.1) is 0 Å². The molecule has 0 saturated heterocycles. The molecule has 0 spiro atoms. The third-order valence-electron chi connectivity index (χ3n) is 4.95. The minimum absolute atomic E-state index is 0.600. The van der Waals surface area contributed by atoms with Gasteiger partial charge in [0.2, 0.25) is 0 Å².